The van der Waals surface area contributed by atoms with Crippen molar-refractivity contribution < 1.29 is 19.1 Å². The first-order valence-corrected chi connectivity index (χ1v) is 8.36. The van der Waals surface area contributed by atoms with Crippen molar-refractivity contribution in [2.24, 2.45) is 5.41 Å². The molecule has 0 bridgehead atoms. The molecule has 128 valence electrons. The Kier molecular flexibility index (Phi) is 5.66. The number of nitrogens with one attached hydrogen (secondary N) is 1. The predicted octanol–water partition coefficient (Wildman–Crippen LogP) is 3.11. The van der Waals surface area contributed by atoms with Crippen LogP contribution in [0.5, 0.6) is 0 Å². The maximum atomic E-state index is 13.2. The van der Waals surface area contributed by atoms with Gasteiger partial charge in [-0.2, -0.15) is 0 Å². The monoisotopic (exact) mass is 350 g/mol. The lowest BCUT2D eigenvalue weighted by atomic mass is 9.90. The number of benzene rings is 1. The summed E-state index contributed by atoms with van der Waals surface area (Å²) in [7, 11) is 0. The third-order valence-electron chi connectivity index (χ3n) is 3.62. The molecule has 1 aromatic heterocycles. The van der Waals surface area contributed by atoms with E-state index in [0.717, 1.165) is 0 Å². The molecule has 2 N–H and O–H groups in total. The van der Waals surface area contributed by atoms with Gasteiger partial charge in [-0.1, -0.05) is 12.1 Å². The van der Waals surface area contributed by atoms with E-state index in [2.05, 4.69) is 10.3 Å². The van der Waals surface area contributed by atoms with E-state index >= 15 is 0 Å². The van der Waals surface area contributed by atoms with Crippen LogP contribution in [0.15, 0.2) is 29.6 Å². The molecule has 24 heavy (non-hydrogen) atoms. The van der Waals surface area contributed by atoms with Gasteiger partial charge in [0, 0.05) is 17.5 Å². The molecule has 2 aromatic rings. The third-order valence-corrected chi connectivity index (χ3v) is 4.56. The van der Waals surface area contributed by atoms with Gasteiger partial charge in [0.1, 0.15) is 10.8 Å². The minimum atomic E-state index is -0.893. The topological polar surface area (TPSA) is 79.3 Å². The van der Waals surface area contributed by atoms with Crippen LogP contribution in [0.2, 0.25) is 0 Å². The van der Waals surface area contributed by atoms with Crippen LogP contribution in [-0.4, -0.2) is 28.5 Å². The second kappa shape index (κ2) is 7.53. The third kappa shape index (κ3) is 4.86. The van der Waals surface area contributed by atoms with E-state index in [4.69, 9.17) is 5.11 Å². The number of hydrogen-bond acceptors (Lipinski definition) is 4. The van der Waals surface area contributed by atoms with Crippen LogP contribution in [0.1, 0.15) is 26.0 Å². The van der Waals surface area contributed by atoms with Crippen LogP contribution in [0.4, 0.5) is 4.39 Å². The summed E-state index contributed by atoms with van der Waals surface area (Å²) in [4.78, 5) is 27.3. The van der Waals surface area contributed by atoms with Gasteiger partial charge in [0.25, 0.3) is 0 Å². The number of nitrogens with zero attached hydrogens (tertiary/aromatic N) is 1. The lowest BCUT2D eigenvalue weighted by molar-refractivity contribution is -0.147. The first kappa shape index (κ1) is 18.1. The van der Waals surface area contributed by atoms with Crippen molar-refractivity contribution in [3.63, 3.8) is 0 Å². The fourth-order valence-corrected chi connectivity index (χ4v) is 2.81. The van der Waals surface area contributed by atoms with E-state index in [0.29, 0.717) is 29.2 Å². The fourth-order valence-electron chi connectivity index (χ4n) is 1.99. The van der Waals surface area contributed by atoms with Gasteiger partial charge in [-0.25, -0.2) is 9.37 Å². The first-order chi connectivity index (χ1) is 11.3. The summed E-state index contributed by atoms with van der Waals surface area (Å²) < 4.78 is 13.2. The Morgan fingerprint density at radius 2 is 2.12 bits per heavy atom. The van der Waals surface area contributed by atoms with Gasteiger partial charge in [0.05, 0.1) is 17.5 Å². The summed E-state index contributed by atoms with van der Waals surface area (Å²) in [5.41, 5.74) is 0.405. The molecule has 0 spiro atoms. The normalized spacial score (nSPS) is 11.3. The zero-order valence-corrected chi connectivity index (χ0v) is 14.3. The van der Waals surface area contributed by atoms with Crippen molar-refractivity contribution in [3.05, 3.63) is 41.2 Å². The number of aromatic nitrogens is 1. The Morgan fingerprint density at radius 1 is 1.38 bits per heavy atom. The molecule has 0 unspecified atom stereocenters. The average molecular weight is 350 g/mol. The minimum absolute atomic E-state index is 0.110. The van der Waals surface area contributed by atoms with Gasteiger partial charge in [-0.05, 0) is 32.4 Å². The van der Waals surface area contributed by atoms with E-state index in [1.807, 2.05) is 0 Å². The van der Waals surface area contributed by atoms with Crippen molar-refractivity contribution in [2.45, 2.75) is 26.7 Å². The average Bonchev–Trinajstić information content (AvgIpc) is 2.95. The number of carboxylic acid groups (broad SMARTS) is 1. The van der Waals surface area contributed by atoms with E-state index in [9.17, 15) is 14.0 Å². The van der Waals surface area contributed by atoms with Crippen LogP contribution in [-0.2, 0) is 16.0 Å². The first-order valence-electron chi connectivity index (χ1n) is 7.48. The molecule has 0 radical (unpaired) electrons. The van der Waals surface area contributed by atoms with Gasteiger partial charge < -0.3 is 10.4 Å². The quantitative estimate of drug-likeness (QED) is 0.804. The number of hydrogen-bond donors (Lipinski definition) is 2. The number of halogens is 1. The van der Waals surface area contributed by atoms with Gasteiger partial charge in [0.15, 0.2) is 0 Å². The summed E-state index contributed by atoms with van der Waals surface area (Å²) in [6, 6.07) is 6.14. The highest BCUT2D eigenvalue weighted by atomic mass is 32.1. The number of carbonyl (C=O) groups is 2. The summed E-state index contributed by atoms with van der Waals surface area (Å²) in [6.07, 6.45) is 0.457. The summed E-state index contributed by atoms with van der Waals surface area (Å²) in [5.74, 6) is -1.44. The molecule has 1 heterocycles. The largest absolute Gasteiger partial charge is 0.481 e. The highest BCUT2D eigenvalue weighted by molar-refractivity contribution is 7.13. The molecule has 0 aliphatic heterocycles. The Labute approximate surface area is 143 Å². The van der Waals surface area contributed by atoms with Crippen molar-refractivity contribution in [3.8, 4) is 10.6 Å². The highest BCUT2D eigenvalue weighted by Gasteiger charge is 2.26. The molecular formula is C17H19FN2O3S. The smallest absolute Gasteiger partial charge is 0.309 e. The molecule has 0 fully saturated rings. The van der Waals surface area contributed by atoms with Crippen molar-refractivity contribution in [1.82, 2.24) is 10.3 Å². The van der Waals surface area contributed by atoms with Gasteiger partial charge in [-0.15, -0.1) is 11.3 Å². The molecule has 1 aromatic carbocycles. The standard InChI is InChI=1S/C17H19FN2O3S/c1-17(2,16(22)23)6-7-19-14(21)9-13-10-24-15(20-13)11-4-3-5-12(18)8-11/h3-5,8,10H,6-7,9H2,1-2H3,(H,19,21)(H,22,23). The Hall–Kier alpha value is -2.28. The number of thiazole rings is 1. The zero-order valence-electron chi connectivity index (χ0n) is 13.5. The molecule has 0 atom stereocenters. The van der Waals surface area contributed by atoms with Crippen LogP contribution in [0.25, 0.3) is 10.6 Å². The van der Waals surface area contributed by atoms with Crippen LogP contribution >= 0.6 is 11.3 Å². The summed E-state index contributed by atoms with van der Waals surface area (Å²) in [5, 5.41) is 14.1. The lowest BCUT2D eigenvalue weighted by Crippen LogP contribution is -2.32. The van der Waals surface area contributed by atoms with Gasteiger partial charge in [0.2, 0.25) is 5.91 Å². The Bertz CT molecular complexity index is 743. The van der Waals surface area contributed by atoms with Crippen molar-refractivity contribution in [2.75, 3.05) is 6.54 Å². The maximum absolute atomic E-state index is 13.2. The van der Waals surface area contributed by atoms with Gasteiger partial charge >= 0.3 is 5.97 Å². The molecule has 2 rings (SSSR count). The molecule has 0 aliphatic carbocycles. The number of rotatable bonds is 7. The molecule has 1 amide bonds. The molecule has 0 saturated heterocycles. The van der Waals surface area contributed by atoms with Crippen LogP contribution in [0.3, 0.4) is 0 Å². The predicted molar refractivity (Wildman–Crippen MR) is 90.3 cm³/mol. The van der Waals surface area contributed by atoms with Gasteiger partial charge in [-0.3, -0.25) is 9.59 Å². The second-order valence-corrected chi connectivity index (χ2v) is 6.98. The molecule has 0 saturated carbocycles. The molecule has 0 aliphatic rings. The van der Waals surface area contributed by atoms with Crippen LogP contribution in [0, 0.1) is 11.2 Å². The number of carbonyl (C=O) groups excluding carboxylic acids is 1. The molecular weight excluding hydrogens is 331 g/mol. The molecule has 5 nitrogen and oxygen atoms in total. The van der Waals surface area contributed by atoms with E-state index in [1.54, 1.807) is 31.4 Å². The van der Waals surface area contributed by atoms with Crippen molar-refractivity contribution >= 4 is 23.2 Å². The summed E-state index contributed by atoms with van der Waals surface area (Å²) in [6.45, 7) is 3.53. The fraction of sp³-hybridized carbons (Fsp3) is 0.353. The summed E-state index contributed by atoms with van der Waals surface area (Å²) >= 11 is 1.35. The number of carboxylic acids is 1. The second-order valence-electron chi connectivity index (χ2n) is 6.12. The minimum Gasteiger partial charge on any atom is -0.481 e. The van der Waals surface area contributed by atoms with E-state index in [-0.39, 0.29) is 18.1 Å². The Balaban J connectivity index is 1.88. The van der Waals surface area contributed by atoms with Crippen molar-refractivity contribution in [1.29, 1.82) is 0 Å². The van der Waals surface area contributed by atoms with Crippen LogP contribution < -0.4 is 5.32 Å². The Morgan fingerprint density at radius 3 is 2.79 bits per heavy atom. The highest BCUT2D eigenvalue weighted by Crippen LogP contribution is 2.24. The molecule has 7 heteroatoms. The SMILES string of the molecule is CC(C)(CCNC(=O)Cc1csc(-c2cccc(F)c2)n1)C(=O)O. The lowest BCUT2D eigenvalue weighted by Gasteiger charge is -2.18. The maximum Gasteiger partial charge on any atom is 0.309 e. The zero-order chi connectivity index (χ0) is 17.7. The van der Waals surface area contributed by atoms with E-state index < -0.39 is 11.4 Å². The van der Waals surface area contributed by atoms with E-state index in [1.165, 1.54) is 23.5 Å². The number of aliphatic carboxylic acids is 1. The number of amides is 1.